The summed E-state index contributed by atoms with van der Waals surface area (Å²) < 4.78 is 20.9. The topological polar surface area (TPSA) is 95.5 Å². The zero-order valence-electron chi connectivity index (χ0n) is 17.6. The van der Waals surface area contributed by atoms with E-state index in [0.717, 1.165) is 11.3 Å². The average molecular weight is 449 g/mol. The number of carbonyl (C=O) groups excluding carboxylic acids is 2. The number of benzene rings is 2. The van der Waals surface area contributed by atoms with Crippen LogP contribution in [-0.4, -0.2) is 45.0 Å². The summed E-state index contributed by atoms with van der Waals surface area (Å²) in [6.07, 6.45) is 1.61. The van der Waals surface area contributed by atoms with Gasteiger partial charge in [-0.05, 0) is 49.2 Å². The van der Waals surface area contributed by atoms with Crippen LogP contribution in [-0.2, 0) is 20.7 Å². The Morgan fingerprint density at radius 2 is 1.77 bits per heavy atom. The number of carbonyl (C=O) groups is 2. The Hall–Kier alpha value is -3.26. The smallest absolute Gasteiger partial charge is 0.343 e. The minimum absolute atomic E-state index is 0.176. The third kappa shape index (κ3) is 7.82. The molecule has 0 aliphatic carbocycles. The number of hydrazone groups is 1. The van der Waals surface area contributed by atoms with E-state index in [9.17, 15) is 9.59 Å². The fourth-order valence-electron chi connectivity index (χ4n) is 2.53. The molecule has 0 atom stereocenters. The molecule has 0 aliphatic rings. The van der Waals surface area contributed by atoms with Gasteiger partial charge in [0, 0.05) is 0 Å². The van der Waals surface area contributed by atoms with Crippen molar-refractivity contribution in [2.45, 2.75) is 20.3 Å². The van der Waals surface area contributed by atoms with Gasteiger partial charge in [-0.2, -0.15) is 5.10 Å². The number of nitrogens with one attached hydrogen (secondary N) is 1. The van der Waals surface area contributed by atoms with Crippen molar-refractivity contribution in [1.29, 1.82) is 0 Å². The van der Waals surface area contributed by atoms with Gasteiger partial charge in [0.25, 0.3) is 0 Å². The molecule has 0 unspecified atom stereocenters. The third-order valence-electron chi connectivity index (χ3n) is 3.90. The molecule has 8 nitrogen and oxygen atoms in total. The Balaban J connectivity index is 2.00. The van der Waals surface area contributed by atoms with Gasteiger partial charge in [-0.15, -0.1) is 0 Å². The molecule has 1 amide bonds. The zero-order chi connectivity index (χ0) is 22.6. The molecule has 0 aliphatic heterocycles. The molecule has 166 valence electrons. The lowest BCUT2D eigenvalue weighted by Crippen LogP contribution is -2.19. The predicted molar refractivity (Wildman–Crippen MR) is 117 cm³/mol. The molecule has 2 aromatic carbocycles. The summed E-state index contributed by atoms with van der Waals surface area (Å²) >= 11 is 6.26. The van der Waals surface area contributed by atoms with Gasteiger partial charge in [-0.25, -0.2) is 10.2 Å². The van der Waals surface area contributed by atoms with Gasteiger partial charge in [0.15, 0.2) is 18.1 Å². The second-order valence-corrected chi connectivity index (χ2v) is 6.58. The third-order valence-corrected chi connectivity index (χ3v) is 4.18. The van der Waals surface area contributed by atoms with Crippen molar-refractivity contribution in [3.63, 3.8) is 0 Å². The van der Waals surface area contributed by atoms with Gasteiger partial charge in [0.05, 0.1) is 38.0 Å². The van der Waals surface area contributed by atoms with Crippen LogP contribution in [0.2, 0.25) is 5.02 Å². The van der Waals surface area contributed by atoms with Crippen molar-refractivity contribution in [3.05, 3.63) is 52.5 Å². The van der Waals surface area contributed by atoms with E-state index < -0.39 is 5.97 Å². The summed E-state index contributed by atoms with van der Waals surface area (Å²) in [7, 11) is 1.26. The maximum Gasteiger partial charge on any atom is 0.343 e. The summed E-state index contributed by atoms with van der Waals surface area (Å²) in [6, 6.07) is 10.5. The van der Waals surface area contributed by atoms with Gasteiger partial charge >= 0.3 is 5.97 Å². The minimum Gasteiger partial charge on any atom is -0.494 e. The number of amides is 1. The quantitative estimate of drug-likeness (QED) is 0.321. The Bertz CT molecular complexity index is 915. The van der Waals surface area contributed by atoms with Crippen molar-refractivity contribution in [2.75, 3.05) is 26.9 Å². The molecular weight excluding hydrogens is 424 g/mol. The second kappa shape index (κ2) is 12.4. The van der Waals surface area contributed by atoms with Crippen LogP contribution in [0.3, 0.4) is 0 Å². The molecule has 31 heavy (non-hydrogen) atoms. The monoisotopic (exact) mass is 448 g/mol. The van der Waals surface area contributed by atoms with Gasteiger partial charge < -0.3 is 18.9 Å². The van der Waals surface area contributed by atoms with Crippen LogP contribution in [0.25, 0.3) is 0 Å². The maximum absolute atomic E-state index is 12.1. The normalized spacial score (nSPS) is 10.6. The van der Waals surface area contributed by atoms with E-state index in [-0.39, 0.29) is 29.7 Å². The van der Waals surface area contributed by atoms with Gasteiger partial charge in [0.1, 0.15) is 5.75 Å². The number of rotatable bonds is 11. The Kier molecular flexibility index (Phi) is 9.64. The number of esters is 1. The summed E-state index contributed by atoms with van der Waals surface area (Å²) in [5.74, 6) is 0.520. The average Bonchev–Trinajstić information content (AvgIpc) is 2.74. The van der Waals surface area contributed by atoms with E-state index in [2.05, 4.69) is 15.3 Å². The molecular formula is C22H25ClN2O6. The standard InChI is InChI=1S/C22H25ClN2O6/c1-4-29-17-8-6-15(7-9-17)12-20(26)25-24-13-16-10-18(23)22(19(11-16)30-5-2)31-14-21(27)28-3/h6-11,13H,4-5,12,14H2,1-3H3,(H,25,26)/b24-13-. The van der Waals surface area contributed by atoms with Crippen molar-refractivity contribution in [3.8, 4) is 17.2 Å². The first-order chi connectivity index (χ1) is 15.0. The lowest BCUT2D eigenvalue weighted by atomic mass is 10.1. The molecule has 9 heteroatoms. The first kappa shape index (κ1) is 24.0. The highest BCUT2D eigenvalue weighted by atomic mass is 35.5. The summed E-state index contributed by atoms with van der Waals surface area (Å²) in [5.41, 5.74) is 3.90. The fourth-order valence-corrected chi connectivity index (χ4v) is 2.80. The molecule has 0 spiro atoms. The molecule has 0 bridgehead atoms. The second-order valence-electron chi connectivity index (χ2n) is 6.17. The highest BCUT2D eigenvalue weighted by Gasteiger charge is 2.14. The highest BCUT2D eigenvalue weighted by molar-refractivity contribution is 6.32. The van der Waals surface area contributed by atoms with Crippen LogP contribution in [0, 0.1) is 0 Å². The number of halogens is 1. The largest absolute Gasteiger partial charge is 0.494 e. The lowest BCUT2D eigenvalue weighted by molar-refractivity contribution is -0.142. The Morgan fingerprint density at radius 3 is 2.42 bits per heavy atom. The molecule has 0 saturated heterocycles. The first-order valence-corrected chi connectivity index (χ1v) is 10.0. The Morgan fingerprint density at radius 1 is 1.06 bits per heavy atom. The van der Waals surface area contributed by atoms with Crippen LogP contribution < -0.4 is 19.6 Å². The van der Waals surface area contributed by atoms with Crippen molar-refractivity contribution >= 4 is 29.7 Å². The van der Waals surface area contributed by atoms with Crippen molar-refractivity contribution in [1.82, 2.24) is 5.43 Å². The van der Waals surface area contributed by atoms with Crippen LogP contribution in [0.1, 0.15) is 25.0 Å². The van der Waals surface area contributed by atoms with Crippen molar-refractivity contribution < 1.29 is 28.5 Å². The number of methoxy groups -OCH3 is 1. The molecule has 0 saturated carbocycles. The molecule has 0 aromatic heterocycles. The van der Waals surface area contributed by atoms with E-state index in [1.165, 1.54) is 13.3 Å². The van der Waals surface area contributed by atoms with Crippen LogP contribution in [0.4, 0.5) is 0 Å². The van der Waals surface area contributed by atoms with Crippen molar-refractivity contribution in [2.24, 2.45) is 5.10 Å². The predicted octanol–water partition coefficient (Wildman–Crippen LogP) is 3.38. The van der Waals surface area contributed by atoms with Crippen LogP contribution in [0.15, 0.2) is 41.5 Å². The van der Waals surface area contributed by atoms with E-state index in [0.29, 0.717) is 24.5 Å². The number of nitrogens with zero attached hydrogens (tertiary/aromatic N) is 1. The lowest BCUT2D eigenvalue weighted by Gasteiger charge is -2.13. The van der Waals surface area contributed by atoms with Crippen LogP contribution >= 0.6 is 11.6 Å². The molecule has 0 fully saturated rings. The first-order valence-electron chi connectivity index (χ1n) is 9.66. The minimum atomic E-state index is -0.542. The van der Waals surface area contributed by atoms with Crippen LogP contribution in [0.5, 0.6) is 17.2 Å². The zero-order valence-corrected chi connectivity index (χ0v) is 18.4. The Labute approximate surface area is 186 Å². The van der Waals surface area contributed by atoms with Gasteiger partial charge in [-0.1, -0.05) is 23.7 Å². The summed E-state index contributed by atoms with van der Waals surface area (Å²) in [6.45, 7) is 4.37. The van der Waals surface area contributed by atoms with E-state index in [1.807, 2.05) is 31.2 Å². The number of hydrogen-bond acceptors (Lipinski definition) is 7. The summed E-state index contributed by atoms with van der Waals surface area (Å²) in [5, 5.41) is 4.20. The van der Waals surface area contributed by atoms with E-state index in [4.69, 9.17) is 25.8 Å². The molecule has 2 rings (SSSR count). The fraction of sp³-hybridized carbons (Fsp3) is 0.318. The van der Waals surface area contributed by atoms with E-state index >= 15 is 0 Å². The SMILES string of the molecule is CCOc1ccc(CC(=O)N/N=C\c2cc(Cl)c(OCC(=O)OC)c(OCC)c2)cc1. The molecule has 0 heterocycles. The maximum atomic E-state index is 12.1. The van der Waals surface area contributed by atoms with Gasteiger partial charge in [-0.3, -0.25) is 4.79 Å². The number of hydrogen-bond donors (Lipinski definition) is 1. The molecule has 0 radical (unpaired) electrons. The molecule has 1 N–H and O–H groups in total. The van der Waals surface area contributed by atoms with Gasteiger partial charge in [0.2, 0.25) is 5.91 Å². The highest BCUT2D eigenvalue weighted by Crippen LogP contribution is 2.36. The number of ether oxygens (including phenoxy) is 4. The summed E-state index contributed by atoms with van der Waals surface area (Å²) in [4.78, 5) is 23.4. The molecule has 2 aromatic rings. The van der Waals surface area contributed by atoms with E-state index in [1.54, 1.807) is 19.1 Å².